The van der Waals surface area contributed by atoms with Crippen LogP contribution in [0.15, 0.2) is 12.4 Å². The fraction of sp³-hybridized carbons (Fsp3) is 0.769. The second-order valence-corrected chi connectivity index (χ2v) is 12.5. The number of carbonyl (C=O) groups is 2. The number of carbonyl (C=O) groups excluding carboxylic acids is 2. The molecule has 1 N–H and O–H groups in total. The van der Waals surface area contributed by atoms with Gasteiger partial charge in [-0.05, 0) is 81.6 Å². The summed E-state index contributed by atoms with van der Waals surface area (Å²) >= 11 is 0. The zero-order chi connectivity index (χ0) is 27.8. The van der Waals surface area contributed by atoms with Crippen LogP contribution < -0.4 is 15.7 Å². The minimum absolute atomic E-state index is 0.104. The molecule has 0 unspecified atom stereocenters. The molecule has 10 nitrogen and oxygen atoms in total. The number of ether oxygens (including phenoxy) is 1. The normalized spacial score (nSPS) is 21.8. The average Bonchev–Trinajstić information content (AvgIpc) is 3.31. The van der Waals surface area contributed by atoms with Gasteiger partial charge in [0.15, 0.2) is 0 Å². The quantitative estimate of drug-likeness (QED) is 0.551. The Kier molecular flexibility index (Phi) is 8.49. The van der Waals surface area contributed by atoms with Crippen LogP contribution in [-0.4, -0.2) is 82.5 Å². The van der Waals surface area contributed by atoms with Gasteiger partial charge < -0.3 is 29.2 Å². The van der Waals surface area contributed by atoms with E-state index < -0.39 is 36.1 Å². The first-order chi connectivity index (χ1) is 17.0. The SMILES string of the molecule is CC(C)N(C[C@H]1CCN(C(=O)[C@H](C)NC(=O)OC(C)(C)C)C1)c1ncc(B2OC(C)(C)C(C)(C)O2)cn1. The third-order valence-corrected chi connectivity index (χ3v) is 7.22. The molecule has 3 rings (SSSR count). The van der Waals surface area contributed by atoms with Crippen molar-refractivity contribution in [3.63, 3.8) is 0 Å². The number of anilines is 1. The highest BCUT2D eigenvalue weighted by Crippen LogP contribution is 2.36. The maximum absolute atomic E-state index is 12.9. The Labute approximate surface area is 222 Å². The summed E-state index contributed by atoms with van der Waals surface area (Å²) in [5, 5.41) is 2.65. The highest BCUT2D eigenvalue weighted by atomic mass is 16.7. The van der Waals surface area contributed by atoms with E-state index in [0.29, 0.717) is 19.0 Å². The van der Waals surface area contributed by atoms with Crippen molar-refractivity contribution in [1.82, 2.24) is 20.2 Å². The molecule has 1 aromatic rings. The lowest BCUT2D eigenvalue weighted by atomic mass is 9.81. The van der Waals surface area contributed by atoms with Crippen LogP contribution in [0, 0.1) is 5.92 Å². The van der Waals surface area contributed by atoms with Gasteiger partial charge in [0.05, 0.1) is 11.2 Å². The standard InChI is InChI=1S/C26H44BN5O5/c1-17(2)32(22-28-13-20(14-29-22)27-36-25(7,8)26(9,10)37-27)16-19-11-12-31(15-19)21(33)18(3)30-23(34)35-24(4,5)6/h13-14,17-19H,11-12,15-16H2,1-10H3,(H,30,34)/t18-,19-/m0/s1. The van der Waals surface area contributed by atoms with Crippen LogP contribution in [0.25, 0.3) is 0 Å². The van der Waals surface area contributed by atoms with E-state index in [1.54, 1.807) is 40.1 Å². The van der Waals surface area contributed by atoms with Gasteiger partial charge in [-0.15, -0.1) is 0 Å². The lowest BCUT2D eigenvalue weighted by molar-refractivity contribution is -0.132. The van der Waals surface area contributed by atoms with E-state index in [-0.39, 0.29) is 17.9 Å². The third kappa shape index (κ3) is 7.13. The number of hydrogen-bond acceptors (Lipinski definition) is 8. The summed E-state index contributed by atoms with van der Waals surface area (Å²) in [6, 6.07) is -0.471. The van der Waals surface area contributed by atoms with Gasteiger partial charge in [-0.2, -0.15) is 0 Å². The predicted octanol–water partition coefficient (Wildman–Crippen LogP) is 2.75. The monoisotopic (exact) mass is 517 g/mol. The van der Waals surface area contributed by atoms with E-state index in [9.17, 15) is 9.59 Å². The van der Waals surface area contributed by atoms with Gasteiger partial charge >= 0.3 is 13.2 Å². The number of nitrogens with zero attached hydrogens (tertiary/aromatic N) is 4. The van der Waals surface area contributed by atoms with Gasteiger partial charge in [0.2, 0.25) is 11.9 Å². The summed E-state index contributed by atoms with van der Waals surface area (Å²) < 4.78 is 17.5. The predicted molar refractivity (Wildman–Crippen MR) is 144 cm³/mol. The minimum atomic E-state index is -0.652. The number of alkyl carbamates (subject to hydrolysis) is 1. The molecule has 0 spiro atoms. The van der Waals surface area contributed by atoms with Crippen molar-refractivity contribution in [2.75, 3.05) is 24.5 Å². The van der Waals surface area contributed by atoms with E-state index in [0.717, 1.165) is 18.4 Å². The van der Waals surface area contributed by atoms with Crippen molar-refractivity contribution in [2.24, 2.45) is 5.92 Å². The topological polar surface area (TPSA) is 106 Å². The first kappa shape index (κ1) is 29.2. The van der Waals surface area contributed by atoms with Crippen LogP contribution in [-0.2, 0) is 18.8 Å². The number of hydrogen-bond donors (Lipinski definition) is 1. The molecule has 0 bridgehead atoms. The first-order valence-corrected chi connectivity index (χ1v) is 13.2. The van der Waals surface area contributed by atoms with E-state index in [1.165, 1.54) is 0 Å². The number of rotatable bonds is 7. The zero-order valence-electron chi connectivity index (χ0n) is 24.1. The largest absolute Gasteiger partial charge is 0.498 e. The van der Waals surface area contributed by atoms with Gasteiger partial charge in [-0.25, -0.2) is 14.8 Å². The molecule has 2 atom stereocenters. The number of nitrogens with one attached hydrogen (secondary N) is 1. The van der Waals surface area contributed by atoms with Crippen molar-refractivity contribution in [3.05, 3.63) is 12.4 Å². The maximum Gasteiger partial charge on any atom is 0.498 e. The van der Waals surface area contributed by atoms with Crippen molar-refractivity contribution >= 4 is 30.5 Å². The van der Waals surface area contributed by atoms with Crippen LogP contribution in [0.3, 0.4) is 0 Å². The molecular formula is C26H44BN5O5. The third-order valence-electron chi connectivity index (χ3n) is 7.22. The van der Waals surface area contributed by atoms with Crippen LogP contribution in [0.1, 0.15) is 75.7 Å². The molecule has 0 aliphatic carbocycles. The Morgan fingerprint density at radius 3 is 2.24 bits per heavy atom. The van der Waals surface area contributed by atoms with Crippen molar-refractivity contribution in [1.29, 1.82) is 0 Å². The Hall–Kier alpha value is -2.40. The molecule has 0 radical (unpaired) electrons. The smallest absolute Gasteiger partial charge is 0.444 e. The molecule has 2 amide bonds. The fourth-order valence-corrected chi connectivity index (χ4v) is 4.38. The second-order valence-electron chi connectivity index (χ2n) is 12.5. The maximum atomic E-state index is 12.9. The van der Waals surface area contributed by atoms with E-state index in [4.69, 9.17) is 14.0 Å². The Morgan fingerprint density at radius 1 is 1.16 bits per heavy atom. The molecule has 2 aliphatic heterocycles. The van der Waals surface area contributed by atoms with Gasteiger partial charge in [0.1, 0.15) is 11.6 Å². The van der Waals surface area contributed by atoms with E-state index in [2.05, 4.69) is 34.0 Å². The van der Waals surface area contributed by atoms with Gasteiger partial charge in [-0.3, -0.25) is 4.79 Å². The highest BCUT2D eigenvalue weighted by Gasteiger charge is 2.52. The van der Waals surface area contributed by atoms with Gasteiger partial charge in [-0.1, -0.05) is 0 Å². The Morgan fingerprint density at radius 2 is 1.73 bits per heavy atom. The van der Waals surface area contributed by atoms with Crippen molar-refractivity contribution in [2.45, 2.75) is 105 Å². The van der Waals surface area contributed by atoms with E-state index in [1.807, 2.05) is 32.6 Å². The lowest BCUT2D eigenvalue weighted by Crippen LogP contribution is -2.47. The first-order valence-electron chi connectivity index (χ1n) is 13.2. The van der Waals surface area contributed by atoms with E-state index >= 15 is 0 Å². The molecule has 37 heavy (non-hydrogen) atoms. The number of aromatic nitrogens is 2. The van der Waals surface area contributed by atoms with Gasteiger partial charge in [0.25, 0.3) is 0 Å². The molecule has 3 heterocycles. The highest BCUT2D eigenvalue weighted by molar-refractivity contribution is 6.61. The summed E-state index contributed by atoms with van der Waals surface area (Å²) in [6.07, 6.45) is 3.83. The van der Waals surface area contributed by atoms with Crippen molar-refractivity contribution < 1.29 is 23.6 Å². The molecule has 1 aromatic heterocycles. The molecule has 206 valence electrons. The molecule has 0 aromatic carbocycles. The van der Waals surface area contributed by atoms with Crippen LogP contribution in [0.4, 0.5) is 10.7 Å². The number of likely N-dealkylation sites (tertiary alicyclic amines) is 1. The Bertz CT molecular complexity index is 947. The summed E-state index contributed by atoms with van der Waals surface area (Å²) in [6.45, 7) is 21.4. The van der Waals surface area contributed by atoms with Crippen molar-refractivity contribution in [3.8, 4) is 0 Å². The summed E-state index contributed by atoms with van der Waals surface area (Å²) in [5.41, 5.74) is -0.677. The molecule has 0 saturated carbocycles. The lowest BCUT2D eigenvalue weighted by Gasteiger charge is -2.32. The molecule has 11 heteroatoms. The molecule has 2 fully saturated rings. The summed E-state index contributed by atoms with van der Waals surface area (Å²) in [7, 11) is -0.503. The summed E-state index contributed by atoms with van der Waals surface area (Å²) in [5.74, 6) is 0.805. The molecular weight excluding hydrogens is 473 g/mol. The molecule has 2 saturated heterocycles. The number of amides is 2. The fourth-order valence-electron chi connectivity index (χ4n) is 4.38. The second kappa shape index (κ2) is 10.8. The molecule has 2 aliphatic rings. The minimum Gasteiger partial charge on any atom is -0.444 e. The Balaban J connectivity index is 1.58. The van der Waals surface area contributed by atoms with Gasteiger partial charge in [0, 0.05) is 43.5 Å². The average molecular weight is 517 g/mol. The van der Waals surface area contributed by atoms with Crippen LogP contribution in [0.5, 0.6) is 0 Å². The van der Waals surface area contributed by atoms with Crippen LogP contribution >= 0.6 is 0 Å². The van der Waals surface area contributed by atoms with Crippen LogP contribution in [0.2, 0.25) is 0 Å². The summed E-state index contributed by atoms with van der Waals surface area (Å²) in [4.78, 5) is 38.2. The zero-order valence-corrected chi connectivity index (χ0v) is 24.1.